The molecule has 27 heavy (non-hydrogen) atoms. The third-order valence-corrected chi connectivity index (χ3v) is 5.19. The Morgan fingerprint density at radius 2 is 1.56 bits per heavy atom. The molecule has 4 aromatic rings. The number of benzene rings is 3. The number of amides is 1. The number of carbonyl (C=O) groups is 1. The topological polar surface area (TPSA) is 42.0 Å². The van der Waals surface area contributed by atoms with Gasteiger partial charge in [-0.05, 0) is 36.4 Å². The quantitative estimate of drug-likeness (QED) is 0.463. The molecule has 4 rings (SSSR count). The summed E-state index contributed by atoms with van der Waals surface area (Å²) in [6, 6.07) is 29.9. The molecule has 0 saturated heterocycles. The average molecular weight is 370 g/mol. The number of aromatic nitrogens is 1. The monoisotopic (exact) mass is 370 g/mol. The van der Waals surface area contributed by atoms with Crippen LogP contribution >= 0.6 is 11.8 Å². The van der Waals surface area contributed by atoms with Crippen molar-refractivity contribution in [3.63, 3.8) is 0 Å². The van der Waals surface area contributed by atoms with Crippen LogP contribution in [0.2, 0.25) is 0 Å². The number of hydrogen-bond donors (Lipinski definition) is 1. The fraction of sp³-hybridized carbons (Fsp3) is 0.0435. The van der Waals surface area contributed by atoms with Gasteiger partial charge in [0.2, 0.25) is 5.91 Å². The first kappa shape index (κ1) is 17.3. The first-order valence-corrected chi connectivity index (χ1v) is 9.70. The van der Waals surface area contributed by atoms with Gasteiger partial charge in [0.05, 0.1) is 17.0 Å². The van der Waals surface area contributed by atoms with Crippen LogP contribution in [0, 0.1) is 0 Å². The van der Waals surface area contributed by atoms with E-state index in [1.165, 1.54) is 11.8 Å². The zero-order valence-electron chi connectivity index (χ0n) is 14.6. The van der Waals surface area contributed by atoms with Crippen molar-refractivity contribution < 1.29 is 4.79 Å². The molecule has 0 radical (unpaired) electrons. The summed E-state index contributed by atoms with van der Waals surface area (Å²) in [7, 11) is 0. The van der Waals surface area contributed by atoms with E-state index in [1.54, 1.807) is 0 Å². The summed E-state index contributed by atoms with van der Waals surface area (Å²) < 4.78 is 0. The Labute approximate surface area is 162 Å². The summed E-state index contributed by atoms with van der Waals surface area (Å²) in [4.78, 5) is 17.9. The number of hydrogen-bond acceptors (Lipinski definition) is 3. The van der Waals surface area contributed by atoms with Gasteiger partial charge in [-0.25, -0.2) is 4.98 Å². The lowest BCUT2D eigenvalue weighted by atomic mass is 10.1. The molecule has 0 saturated carbocycles. The number of para-hydroxylation sites is 1. The van der Waals surface area contributed by atoms with E-state index in [-0.39, 0.29) is 5.91 Å². The van der Waals surface area contributed by atoms with Gasteiger partial charge < -0.3 is 5.32 Å². The van der Waals surface area contributed by atoms with Gasteiger partial charge in [-0.3, -0.25) is 4.79 Å². The van der Waals surface area contributed by atoms with Crippen LogP contribution < -0.4 is 5.32 Å². The highest BCUT2D eigenvalue weighted by Crippen LogP contribution is 2.23. The smallest absolute Gasteiger partial charge is 0.234 e. The van der Waals surface area contributed by atoms with Crippen molar-refractivity contribution >= 4 is 34.3 Å². The van der Waals surface area contributed by atoms with Crippen LogP contribution in [0.25, 0.3) is 22.2 Å². The van der Waals surface area contributed by atoms with Crippen LogP contribution in [-0.2, 0) is 4.79 Å². The van der Waals surface area contributed by atoms with Gasteiger partial charge in [-0.15, -0.1) is 11.8 Å². The van der Waals surface area contributed by atoms with Gasteiger partial charge in [0.25, 0.3) is 0 Å². The molecular weight excluding hydrogens is 352 g/mol. The molecule has 3 aromatic carbocycles. The molecule has 132 valence electrons. The zero-order valence-corrected chi connectivity index (χ0v) is 15.4. The second kappa shape index (κ2) is 8.06. The molecular formula is C23H18N2OS. The molecule has 1 heterocycles. The zero-order chi connectivity index (χ0) is 18.5. The van der Waals surface area contributed by atoms with Crippen molar-refractivity contribution in [2.75, 3.05) is 11.1 Å². The van der Waals surface area contributed by atoms with E-state index in [0.717, 1.165) is 32.7 Å². The van der Waals surface area contributed by atoms with Gasteiger partial charge in [0.15, 0.2) is 0 Å². The van der Waals surface area contributed by atoms with Crippen molar-refractivity contribution in [2.24, 2.45) is 0 Å². The SMILES string of the molecule is O=C(CSc1ccccc1)Nc1ccc(-c2ccc3ccccc3n2)cc1. The lowest BCUT2D eigenvalue weighted by Gasteiger charge is -2.07. The standard InChI is InChI=1S/C23H18N2OS/c26-23(16-27-20-7-2-1-3-8-20)24-19-13-10-18(11-14-19)22-15-12-17-6-4-5-9-21(17)25-22/h1-15H,16H2,(H,24,26). The molecule has 0 fully saturated rings. The van der Waals surface area contributed by atoms with Crippen LogP contribution in [0.4, 0.5) is 5.69 Å². The highest BCUT2D eigenvalue weighted by atomic mass is 32.2. The molecule has 1 aromatic heterocycles. The third kappa shape index (κ3) is 4.36. The largest absolute Gasteiger partial charge is 0.325 e. The summed E-state index contributed by atoms with van der Waals surface area (Å²) in [5.41, 5.74) is 3.71. The lowest BCUT2D eigenvalue weighted by Crippen LogP contribution is -2.13. The highest BCUT2D eigenvalue weighted by Gasteiger charge is 2.05. The minimum atomic E-state index is -0.0135. The summed E-state index contributed by atoms with van der Waals surface area (Å²) in [6.07, 6.45) is 0. The van der Waals surface area contributed by atoms with Crippen molar-refractivity contribution in [1.29, 1.82) is 0 Å². The maximum absolute atomic E-state index is 12.1. The summed E-state index contributed by atoms with van der Waals surface area (Å²) in [5.74, 6) is 0.373. The Balaban J connectivity index is 1.41. The van der Waals surface area contributed by atoms with Crippen molar-refractivity contribution in [3.05, 3.63) is 91.0 Å². The summed E-state index contributed by atoms with van der Waals surface area (Å²) in [5, 5.41) is 4.07. The molecule has 0 unspecified atom stereocenters. The van der Waals surface area contributed by atoms with Crippen molar-refractivity contribution in [1.82, 2.24) is 4.98 Å². The van der Waals surface area contributed by atoms with Gasteiger partial charge in [-0.2, -0.15) is 0 Å². The van der Waals surface area contributed by atoms with Crippen LogP contribution in [-0.4, -0.2) is 16.6 Å². The van der Waals surface area contributed by atoms with Crippen LogP contribution in [0.3, 0.4) is 0 Å². The molecule has 0 bridgehead atoms. The normalized spacial score (nSPS) is 10.7. The van der Waals surface area contributed by atoms with Crippen LogP contribution in [0.1, 0.15) is 0 Å². The van der Waals surface area contributed by atoms with E-state index in [2.05, 4.69) is 17.4 Å². The number of fused-ring (bicyclic) bond motifs is 1. The van der Waals surface area contributed by atoms with E-state index in [0.29, 0.717) is 5.75 Å². The maximum atomic E-state index is 12.1. The Morgan fingerprint density at radius 1 is 0.815 bits per heavy atom. The first-order chi connectivity index (χ1) is 13.3. The third-order valence-electron chi connectivity index (χ3n) is 4.18. The predicted octanol–water partition coefficient (Wildman–Crippen LogP) is 5.63. The number of pyridine rings is 1. The highest BCUT2D eigenvalue weighted by molar-refractivity contribution is 8.00. The lowest BCUT2D eigenvalue weighted by molar-refractivity contribution is -0.113. The number of nitrogens with one attached hydrogen (secondary N) is 1. The molecule has 3 nitrogen and oxygen atoms in total. The van der Waals surface area contributed by atoms with Gasteiger partial charge in [-0.1, -0.05) is 54.6 Å². The molecule has 0 aliphatic heterocycles. The van der Waals surface area contributed by atoms with E-state index in [1.807, 2.05) is 78.9 Å². The van der Waals surface area contributed by atoms with Crippen LogP contribution in [0.15, 0.2) is 95.9 Å². The number of anilines is 1. The Hall–Kier alpha value is -3.11. The first-order valence-electron chi connectivity index (χ1n) is 8.72. The average Bonchev–Trinajstić information content (AvgIpc) is 2.73. The molecule has 0 spiro atoms. The number of thioether (sulfide) groups is 1. The maximum Gasteiger partial charge on any atom is 0.234 e. The Morgan fingerprint density at radius 3 is 2.37 bits per heavy atom. The Bertz CT molecular complexity index is 1060. The Kier molecular flexibility index (Phi) is 5.17. The summed E-state index contributed by atoms with van der Waals surface area (Å²) in [6.45, 7) is 0. The van der Waals surface area contributed by atoms with Crippen molar-refractivity contribution in [3.8, 4) is 11.3 Å². The summed E-state index contributed by atoms with van der Waals surface area (Å²) >= 11 is 1.53. The van der Waals surface area contributed by atoms with Crippen LogP contribution in [0.5, 0.6) is 0 Å². The molecule has 0 aliphatic rings. The van der Waals surface area contributed by atoms with Gasteiger partial charge in [0, 0.05) is 21.5 Å². The fourth-order valence-electron chi connectivity index (χ4n) is 2.81. The minimum Gasteiger partial charge on any atom is -0.325 e. The molecule has 1 amide bonds. The van der Waals surface area contributed by atoms with E-state index >= 15 is 0 Å². The van der Waals surface area contributed by atoms with E-state index in [9.17, 15) is 4.79 Å². The minimum absolute atomic E-state index is 0.0135. The molecule has 4 heteroatoms. The predicted molar refractivity (Wildman–Crippen MR) is 113 cm³/mol. The van der Waals surface area contributed by atoms with Gasteiger partial charge in [0.1, 0.15) is 0 Å². The number of carbonyl (C=O) groups excluding carboxylic acids is 1. The number of rotatable bonds is 5. The van der Waals surface area contributed by atoms with Gasteiger partial charge >= 0.3 is 0 Å². The second-order valence-corrected chi connectivity index (χ2v) is 7.17. The molecule has 0 atom stereocenters. The van der Waals surface area contributed by atoms with Crippen molar-refractivity contribution in [2.45, 2.75) is 4.90 Å². The molecule has 1 N–H and O–H groups in total. The van der Waals surface area contributed by atoms with E-state index < -0.39 is 0 Å². The van der Waals surface area contributed by atoms with E-state index in [4.69, 9.17) is 4.98 Å². The fourth-order valence-corrected chi connectivity index (χ4v) is 3.53. The second-order valence-electron chi connectivity index (χ2n) is 6.12. The number of nitrogens with zero attached hydrogens (tertiary/aromatic N) is 1. The molecule has 0 aliphatic carbocycles.